The van der Waals surface area contributed by atoms with Crippen LogP contribution in [0.3, 0.4) is 0 Å². The number of aromatic nitrogens is 1. The molecule has 1 aromatic heterocycles. The van der Waals surface area contributed by atoms with Crippen molar-refractivity contribution in [1.29, 1.82) is 0 Å². The van der Waals surface area contributed by atoms with Crippen molar-refractivity contribution in [2.75, 3.05) is 13.7 Å². The number of ether oxygens (including phenoxy) is 1. The molecular formula is C13H22N2O. The normalized spacial score (nSPS) is 16.8. The van der Waals surface area contributed by atoms with Crippen molar-refractivity contribution in [2.45, 2.75) is 38.8 Å². The summed E-state index contributed by atoms with van der Waals surface area (Å²) in [6.07, 6.45) is 4.65. The summed E-state index contributed by atoms with van der Waals surface area (Å²) in [5, 5.41) is 3.48. The lowest BCUT2D eigenvalue weighted by atomic mass is 9.88. The molecule has 0 amide bonds. The van der Waals surface area contributed by atoms with Crippen LogP contribution < -0.4 is 5.32 Å². The molecule has 0 aliphatic heterocycles. The van der Waals surface area contributed by atoms with Crippen LogP contribution in [0.15, 0.2) is 24.5 Å². The van der Waals surface area contributed by atoms with E-state index in [-0.39, 0.29) is 11.6 Å². The lowest BCUT2D eigenvalue weighted by Crippen LogP contribution is -2.42. The van der Waals surface area contributed by atoms with E-state index in [1.807, 2.05) is 12.3 Å². The average molecular weight is 222 g/mol. The number of methoxy groups -OCH3 is 1. The molecule has 3 nitrogen and oxygen atoms in total. The Bertz CT molecular complexity index is 296. The fourth-order valence-electron chi connectivity index (χ4n) is 1.90. The fraction of sp³-hybridized carbons (Fsp3) is 0.615. The van der Waals surface area contributed by atoms with Gasteiger partial charge in [0, 0.05) is 19.5 Å². The van der Waals surface area contributed by atoms with Crippen LogP contribution in [0.5, 0.6) is 0 Å². The molecule has 16 heavy (non-hydrogen) atoms. The highest BCUT2D eigenvalue weighted by Gasteiger charge is 2.33. The Morgan fingerprint density at radius 1 is 1.50 bits per heavy atom. The second kappa shape index (κ2) is 5.97. The van der Waals surface area contributed by atoms with E-state index in [0.717, 1.165) is 13.0 Å². The molecule has 0 aliphatic rings. The summed E-state index contributed by atoms with van der Waals surface area (Å²) in [7, 11) is 1.77. The molecule has 0 saturated carbocycles. The standard InChI is InChI=1S/C13H22N2O/c1-5-13(3,16-4)12(15-6-2)11-8-7-9-14-10-11/h7-10,12,15H,5-6H2,1-4H3. The summed E-state index contributed by atoms with van der Waals surface area (Å²) in [4.78, 5) is 4.17. The van der Waals surface area contributed by atoms with Gasteiger partial charge in [-0.2, -0.15) is 0 Å². The number of hydrogen-bond acceptors (Lipinski definition) is 3. The van der Waals surface area contributed by atoms with E-state index >= 15 is 0 Å². The number of likely N-dealkylation sites (N-methyl/N-ethyl adjacent to an activating group) is 1. The minimum Gasteiger partial charge on any atom is -0.377 e. The number of nitrogens with zero attached hydrogens (tertiary/aromatic N) is 1. The van der Waals surface area contributed by atoms with Crippen LogP contribution >= 0.6 is 0 Å². The van der Waals surface area contributed by atoms with Gasteiger partial charge in [-0.3, -0.25) is 4.98 Å². The zero-order valence-electron chi connectivity index (χ0n) is 10.7. The number of nitrogens with one attached hydrogen (secondary N) is 1. The molecule has 1 heterocycles. The second-order valence-corrected chi connectivity index (χ2v) is 4.15. The zero-order chi connectivity index (χ0) is 12.0. The van der Waals surface area contributed by atoms with Crippen LogP contribution in [0.1, 0.15) is 38.8 Å². The predicted octanol–water partition coefficient (Wildman–Crippen LogP) is 2.55. The molecule has 0 saturated heterocycles. The Morgan fingerprint density at radius 2 is 2.25 bits per heavy atom. The summed E-state index contributed by atoms with van der Waals surface area (Å²) < 4.78 is 5.67. The average Bonchev–Trinajstić information content (AvgIpc) is 2.36. The van der Waals surface area contributed by atoms with Crippen LogP contribution in [0, 0.1) is 0 Å². The summed E-state index contributed by atoms with van der Waals surface area (Å²) in [6.45, 7) is 7.30. The molecule has 0 fully saturated rings. The van der Waals surface area contributed by atoms with Crippen molar-refractivity contribution in [1.82, 2.24) is 10.3 Å². The Labute approximate surface area is 98.2 Å². The van der Waals surface area contributed by atoms with Gasteiger partial charge in [-0.05, 0) is 31.5 Å². The van der Waals surface area contributed by atoms with E-state index in [2.05, 4.69) is 37.1 Å². The van der Waals surface area contributed by atoms with Crippen molar-refractivity contribution in [3.05, 3.63) is 30.1 Å². The lowest BCUT2D eigenvalue weighted by Gasteiger charge is -2.36. The molecule has 1 N–H and O–H groups in total. The van der Waals surface area contributed by atoms with Crippen LogP contribution in [-0.2, 0) is 4.74 Å². The van der Waals surface area contributed by atoms with Gasteiger partial charge in [-0.25, -0.2) is 0 Å². The highest BCUT2D eigenvalue weighted by atomic mass is 16.5. The largest absolute Gasteiger partial charge is 0.377 e. The maximum Gasteiger partial charge on any atom is 0.0842 e. The highest BCUT2D eigenvalue weighted by Crippen LogP contribution is 2.30. The molecule has 0 bridgehead atoms. The Hall–Kier alpha value is -0.930. The van der Waals surface area contributed by atoms with Gasteiger partial charge in [0.05, 0.1) is 11.6 Å². The maximum absolute atomic E-state index is 5.67. The van der Waals surface area contributed by atoms with Gasteiger partial charge < -0.3 is 10.1 Å². The first-order valence-corrected chi connectivity index (χ1v) is 5.86. The maximum atomic E-state index is 5.67. The third-order valence-corrected chi connectivity index (χ3v) is 3.20. The van der Waals surface area contributed by atoms with Gasteiger partial charge in [-0.15, -0.1) is 0 Å². The molecule has 0 aromatic carbocycles. The van der Waals surface area contributed by atoms with E-state index in [0.29, 0.717) is 0 Å². The molecule has 2 unspecified atom stereocenters. The Morgan fingerprint density at radius 3 is 2.69 bits per heavy atom. The summed E-state index contributed by atoms with van der Waals surface area (Å²) in [5.74, 6) is 0. The highest BCUT2D eigenvalue weighted by molar-refractivity contribution is 5.18. The summed E-state index contributed by atoms with van der Waals surface area (Å²) in [5.41, 5.74) is 0.981. The van der Waals surface area contributed by atoms with E-state index in [1.165, 1.54) is 5.56 Å². The quantitative estimate of drug-likeness (QED) is 0.803. The Kier molecular flexibility index (Phi) is 4.90. The lowest BCUT2D eigenvalue weighted by molar-refractivity contribution is -0.0296. The number of pyridine rings is 1. The number of hydrogen-bond donors (Lipinski definition) is 1. The van der Waals surface area contributed by atoms with E-state index in [1.54, 1.807) is 13.3 Å². The fourth-order valence-corrected chi connectivity index (χ4v) is 1.90. The predicted molar refractivity (Wildman–Crippen MR) is 66.4 cm³/mol. The summed E-state index contributed by atoms with van der Waals surface area (Å²) in [6, 6.07) is 4.24. The van der Waals surface area contributed by atoms with Gasteiger partial charge in [0.1, 0.15) is 0 Å². The first-order valence-electron chi connectivity index (χ1n) is 5.86. The SMILES string of the molecule is CCNC(c1cccnc1)C(C)(CC)OC. The van der Waals surface area contributed by atoms with Gasteiger partial charge in [0.25, 0.3) is 0 Å². The topological polar surface area (TPSA) is 34.2 Å². The molecule has 0 radical (unpaired) electrons. The molecule has 2 atom stereocenters. The monoisotopic (exact) mass is 222 g/mol. The molecule has 3 heteroatoms. The third kappa shape index (κ3) is 2.80. The Balaban J connectivity index is 2.99. The summed E-state index contributed by atoms with van der Waals surface area (Å²) >= 11 is 0. The van der Waals surface area contributed by atoms with Crippen LogP contribution in [-0.4, -0.2) is 24.2 Å². The van der Waals surface area contributed by atoms with Crippen LogP contribution in [0.25, 0.3) is 0 Å². The first kappa shape index (κ1) is 13.1. The van der Waals surface area contributed by atoms with Gasteiger partial charge >= 0.3 is 0 Å². The molecule has 1 rings (SSSR count). The van der Waals surface area contributed by atoms with Gasteiger partial charge in [0.15, 0.2) is 0 Å². The van der Waals surface area contributed by atoms with E-state index in [9.17, 15) is 0 Å². The first-order chi connectivity index (χ1) is 7.68. The molecule has 1 aromatic rings. The van der Waals surface area contributed by atoms with Crippen molar-refractivity contribution in [3.63, 3.8) is 0 Å². The zero-order valence-corrected chi connectivity index (χ0v) is 10.7. The number of rotatable bonds is 6. The van der Waals surface area contributed by atoms with Gasteiger partial charge in [-0.1, -0.05) is 19.9 Å². The minimum absolute atomic E-state index is 0.182. The molecule has 90 valence electrons. The van der Waals surface area contributed by atoms with Crippen molar-refractivity contribution in [3.8, 4) is 0 Å². The van der Waals surface area contributed by atoms with Crippen molar-refractivity contribution < 1.29 is 4.74 Å². The van der Waals surface area contributed by atoms with Crippen molar-refractivity contribution >= 4 is 0 Å². The van der Waals surface area contributed by atoms with Crippen LogP contribution in [0.4, 0.5) is 0 Å². The van der Waals surface area contributed by atoms with E-state index < -0.39 is 0 Å². The minimum atomic E-state index is -0.195. The van der Waals surface area contributed by atoms with Crippen LogP contribution in [0.2, 0.25) is 0 Å². The van der Waals surface area contributed by atoms with Crippen molar-refractivity contribution in [2.24, 2.45) is 0 Å². The third-order valence-electron chi connectivity index (χ3n) is 3.20. The smallest absolute Gasteiger partial charge is 0.0842 e. The van der Waals surface area contributed by atoms with E-state index in [4.69, 9.17) is 4.74 Å². The molecule has 0 aliphatic carbocycles. The van der Waals surface area contributed by atoms with Gasteiger partial charge in [0.2, 0.25) is 0 Å². The molecular weight excluding hydrogens is 200 g/mol. The molecule has 0 spiro atoms. The second-order valence-electron chi connectivity index (χ2n) is 4.15.